The number of hydrogen-bond donors (Lipinski definition) is 2. The van der Waals surface area contributed by atoms with E-state index < -0.39 is 0 Å². The van der Waals surface area contributed by atoms with Gasteiger partial charge in [-0.25, -0.2) is 4.68 Å². The molecule has 2 aromatic rings. The number of carbonyl (C=O) groups is 1. The zero-order valence-corrected chi connectivity index (χ0v) is 11.6. The summed E-state index contributed by atoms with van der Waals surface area (Å²) in [5, 5.41) is 19.6. The summed E-state index contributed by atoms with van der Waals surface area (Å²) in [4.78, 5) is 11.9. The van der Waals surface area contributed by atoms with Gasteiger partial charge in [-0.2, -0.15) is 0 Å². The molecule has 0 fully saturated rings. The van der Waals surface area contributed by atoms with Gasteiger partial charge in [0.2, 0.25) is 0 Å². The second kappa shape index (κ2) is 6.29. The van der Waals surface area contributed by atoms with E-state index in [4.69, 9.17) is 5.11 Å². The van der Waals surface area contributed by atoms with Crippen LogP contribution in [-0.2, 0) is 0 Å². The predicted molar refractivity (Wildman–Crippen MR) is 74.7 cm³/mol. The lowest BCUT2D eigenvalue weighted by Crippen LogP contribution is -2.37. The first-order chi connectivity index (χ1) is 9.63. The maximum Gasteiger partial charge on any atom is 0.273 e. The molecule has 0 spiro atoms. The first kappa shape index (κ1) is 14.2. The highest BCUT2D eigenvalue weighted by molar-refractivity contribution is 5.92. The molecule has 106 valence electrons. The molecular weight excluding hydrogens is 256 g/mol. The van der Waals surface area contributed by atoms with Gasteiger partial charge in [0.1, 0.15) is 0 Å². The lowest BCUT2D eigenvalue weighted by atomic mass is 10.2. The van der Waals surface area contributed by atoms with Gasteiger partial charge in [0, 0.05) is 0 Å². The number of nitrogens with one attached hydrogen (secondary N) is 1. The van der Waals surface area contributed by atoms with Crippen molar-refractivity contribution in [1.82, 2.24) is 20.3 Å². The van der Waals surface area contributed by atoms with Gasteiger partial charge in [-0.1, -0.05) is 24.3 Å². The zero-order valence-electron chi connectivity index (χ0n) is 11.6. The number of benzene rings is 1. The average molecular weight is 274 g/mol. The Balaban J connectivity index is 2.14. The van der Waals surface area contributed by atoms with E-state index in [9.17, 15) is 4.79 Å². The van der Waals surface area contributed by atoms with E-state index in [0.29, 0.717) is 6.42 Å². The normalized spacial score (nSPS) is 12.2. The summed E-state index contributed by atoms with van der Waals surface area (Å²) in [6.45, 7) is 3.79. The Morgan fingerprint density at radius 2 is 2.30 bits per heavy atom. The molecule has 0 aliphatic rings. The van der Waals surface area contributed by atoms with Gasteiger partial charge < -0.3 is 10.4 Å². The number of nitrogens with zero attached hydrogens (tertiary/aromatic N) is 3. The quantitative estimate of drug-likeness (QED) is 0.855. The highest BCUT2D eigenvalue weighted by Crippen LogP contribution is 2.09. The standard InChI is InChI=1S/C14H18N4O2/c1-3-11(9-19)15-14(20)13-8-18(17-16-13)12-6-4-5-10(2)7-12/h4-8,11,19H,3,9H2,1-2H3,(H,15,20). The summed E-state index contributed by atoms with van der Waals surface area (Å²) in [6.07, 6.45) is 2.24. The minimum atomic E-state index is -0.329. The summed E-state index contributed by atoms with van der Waals surface area (Å²) in [7, 11) is 0. The van der Waals surface area contributed by atoms with Gasteiger partial charge in [-0.15, -0.1) is 5.10 Å². The summed E-state index contributed by atoms with van der Waals surface area (Å²) in [6, 6.07) is 7.50. The van der Waals surface area contributed by atoms with Crippen LogP contribution in [0.1, 0.15) is 29.4 Å². The Bertz CT molecular complexity index is 590. The molecule has 1 amide bonds. The Morgan fingerprint density at radius 3 is 2.95 bits per heavy atom. The molecule has 1 aromatic carbocycles. The van der Waals surface area contributed by atoms with Crippen LogP contribution in [-0.4, -0.2) is 38.7 Å². The minimum Gasteiger partial charge on any atom is -0.394 e. The Hall–Kier alpha value is -2.21. The van der Waals surface area contributed by atoms with Crippen molar-refractivity contribution in [2.45, 2.75) is 26.3 Å². The molecule has 0 saturated carbocycles. The van der Waals surface area contributed by atoms with Gasteiger partial charge in [-0.05, 0) is 31.0 Å². The van der Waals surface area contributed by atoms with Crippen LogP contribution in [0.15, 0.2) is 30.5 Å². The molecule has 1 atom stereocenters. The van der Waals surface area contributed by atoms with Crippen LogP contribution in [0.4, 0.5) is 0 Å². The van der Waals surface area contributed by atoms with Gasteiger partial charge in [0.05, 0.1) is 24.5 Å². The SMILES string of the molecule is CCC(CO)NC(=O)c1cn(-c2cccc(C)c2)nn1. The van der Waals surface area contributed by atoms with E-state index in [0.717, 1.165) is 11.3 Å². The molecule has 1 heterocycles. The lowest BCUT2D eigenvalue weighted by molar-refractivity contribution is 0.0910. The molecule has 0 aliphatic carbocycles. The van der Waals surface area contributed by atoms with Crippen molar-refractivity contribution in [2.24, 2.45) is 0 Å². The average Bonchev–Trinajstić information content (AvgIpc) is 2.94. The van der Waals surface area contributed by atoms with Crippen LogP contribution in [0, 0.1) is 6.92 Å². The van der Waals surface area contributed by atoms with E-state index in [2.05, 4.69) is 15.6 Å². The number of hydrogen-bond acceptors (Lipinski definition) is 4. The predicted octanol–water partition coefficient (Wildman–Crippen LogP) is 1.08. The molecule has 1 unspecified atom stereocenters. The van der Waals surface area contributed by atoms with E-state index in [1.807, 2.05) is 38.1 Å². The fourth-order valence-corrected chi connectivity index (χ4v) is 1.80. The molecule has 0 bridgehead atoms. The van der Waals surface area contributed by atoms with Gasteiger partial charge >= 0.3 is 0 Å². The maximum atomic E-state index is 11.9. The summed E-state index contributed by atoms with van der Waals surface area (Å²) >= 11 is 0. The summed E-state index contributed by atoms with van der Waals surface area (Å²) < 4.78 is 1.56. The summed E-state index contributed by atoms with van der Waals surface area (Å²) in [5.74, 6) is -0.329. The third kappa shape index (κ3) is 3.21. The first-order valence-electron chi connectivity index (χ1n) is 6.55. The molecule has 0 saturated heterocycles. The molecule has 6 nitrogen and oxygen atoms in total. The zero-order chi connectivity index (χ0) is 14.5. The summed E-state index contributed by atoms with van der Waals surface area (Å²) in [5.41, 5.74) is 2.19. The van der Waals surface area contributed by atoms with Crippen LogP contribution in [0.3, 0.4) is 0 Å². The maximum absolute atomic E-state index is 11.9. The van der Waals surface area contributed by atoms with Gasteiger partial charge in [0.25, 0.3) is 5.91 Å². The molecule has 2 N–H and O–H groups in total. The Morgan fingerprint density at radius 1 is 1.50 bits per heavy atom. The largest absolute Gasteiger partial charge is 0.394 e. The molecular formula is C14H18N4O2. The number of aliphatic hydroxyl groups is 1. The second-order valence-corrected chi connectivity index (χ2v) is 4.65. The highest BCUT2D eigenvalue weighted by Gasteiger charge is 2.15. The number of aromatic nitrogens is 3. The van der Waals surface area contributed by atoms with Crippen molar-refractivity contribution in [3.63, 3.8) is 0 Å². The monoisotopic (exact) mass is 274 g/mol. The van der Waals surface area contributed by atoms with Crippen molar-refractivity contribution >= 4 is 5.91 Å². The van der Waals surface area contributed by atoms with Crippen molar-refractivity contribution in [2.75, 3.05) is 6.61 Å². The fraction of sp³-hybridized carbons (Fsp3) is 0.357. The van der Waals surface area contributed by atoms with E-state index >= 15 is 0 Å². The number of carbonyl (C=O) groups excluding carboxylic acids is 1. The number of aryl methyl sites for hydroxylation is 1. The smallest absolute Gasteiger partial charge is 0.273 e. The Labute approximate surface area is 117 Å². The lowest BCUT2D eigenvalue weighted by Gasteiger charge is -2.12. The first-order valence-corrected chi connectivity index (χ1v) is 6.55. The molecule has 0 aliphatic heterocycles. The van der Waals surface area contributed by atoms with Crippen LogP contribution < -0.4 is 5.32 Å². The third-order valence-electron chi connectivity index (χ3n) is 3.04. The van der Waals surface area contributed by atoms with Crippen molar-refractivity contribution in [1.29, 1.82) is 0 Å². The highest BCUT2D eigenvalue weighted by atomic mass is 16.3. The molecule has 20 heavy (non-hydrogen) atoms. The van der Waals surface area contributed by atoms with Crippen LogP contribution in [0.25, 0.3) is 5.69 Å². The van der Waals surface area contributed by atoms with Crippen LogP contribution in [0.5, 0.6) is 0 Å². The van der Waals surface area contributed by atoms with Gasteiger partial charge in [-0.3, -0.25) is 4.79 Å². The van der Waals surface area contributed by atoms with Crippen molar-refractivity contribution in [3.8, 4) is 5.69 Å². The van der Waals surface area contributed by atoms with E-state index in [1.54, 1.807) is 10.9 Å². The third-order valence-corrected chi connectivity index (χ3v) is 3.04. The Kier molecular flexibility index (Phi) is 4.47. The van der Waals surface area contributed by atoms with Crippen molar-refractivity contribution < 1.29 is 9.90 Å². The minimum absolute atomic E-state index is 0.0890. The molecule has 1 aromatic heterocycles. The molecule has 2 rings (SSSR count). The number of rotatable bonds is 5. The molecule has 6 heteroatoms. The van der Waals surface area contributed by atoms with Crippen molar-refractivity contribution in [3.05, 3.63) is 41.7 Å². The van der Waals surface area contributed by atoms with E-state index in [1.165, 1.54) is 0 Å². The fourth-order valence-electron chi connectivity index (χ4n) is 1.80. The van der Waals surface area contributed by atoms with Crippen LogP contribution >= 0.6 is 0 Å². The molecule has 0 radical (unpaired) electrons. The second-order valence-electron chi connectivity index (χ2n) is 4.65. The van der Waals surface area contributed by atoms with E-state index in [-0.39, 0.29) is 24.2 Å². The number of aliphatic hydroxyl groups excluding tert-OH is 1. The topological polar surface area (TPSA) is 80.0 Å². The van der Waals surface area contributed by atoms with Gasteiger partial charge in [0.15, 0.2) is 5.69 Å². The van der Waals surface area contributed by atoms with Crippen LogP contribution in [0.2, 0.25) is 0 Å². The number of amides is 1.